The van der Waals surface area contributed by atoms with E-state index in [1.54, 1.807) is 26.0 Å². The summed E-state index contributed by atoms with van der Waals surface area (Å²) in [5, 5.41) is 5.31. The molecule has 0 fully saturated rings. The van der Waals surface area contributed by atoms with E-state index in [1.807, 2.05) is 6.92 Å². The first-order valence-corrected chi connectivity index (χ1v) is 6.96. The molecule has 1 rings (SSSR count). The van der Waals surface area contributed by atoms with Crippen molar-refractivity contribution >= 4 is 17.4 Å². The zero-order valence-corrected chi connectivity index (χ0v) is 12.6. The van der Waals surface area contributed by atoms with Crippen LogP contribution in [0.1, 0.15) is 32.8 Å². The Morgan fingerprint density at radius 3 is 2.48 bits per heavy atom. The highest BCUT2D eigenvalue weighted by molar-refractivity contribution is 5.97. The number of rotatable bonds is 6. The van der Waals surface area contributed by atoms with E-state index in [9.17, 15) is 14.0 Å². The maximum Gasteiger partial charge on any atom is 0.244 e. The van der Waals surface area contributed by atoms with Gasteiger partial charge in [0.25, 0.3) is 0 Å². The predicted molar refractivity (Wildman–Crippen MR) is 81.0 cm³/mol. The summed E-state index contributed by atoms with van der Waals surface area (Å²) in [6.45, 7) is 5.93. The van der Waals surface area contributed by atoms with E-state index in [1.165, 1.54) is 18.2 Å². The highest BCUT2D eigenvalue weighted by atomic mass is 19.1. The van der Waals surface area contributed by atoms with E-state index in [0.717, 1.165) is 12.0 Å². The van der Waals surface area contributed by atoms with Crippen LogP contribution in [0.5, 0.6) is 0 Å². The average molecular weight is 292 g/mol. The maximum absolute atomic E-state index is 12.8. The molecule has 0 aromatic heterocycles. The molecular formula is C16H21FN2O2. The Labute approximate surface area is 124 Å². The van der Waals surface area contributed by atoms with Crippen LogP contribution in [0.15, 0.2) is 30.3 Å². The molecule has 0 spiro atoms. The third kappa shape index (κ3) is 5.77. The van der Waals surface area contributed by atoms with Crippen molar-refractivity contribution in [3.05, 3.63) is 41.7 Å². The van der Waals surface area contributed by atoms with Crippen LogP contribution < -0.4 is 10.6 Å². The second-order valence-electron chi connectivity index (χ2n) is 4.86. The Morgan fingerprint density at radius 1 is 1.29 bits per heavy atom. The lowest BCUT2D eigenvalue weighted by atomic mass is 10.1. The average Bonchev–Trinajstić information content (AvgIpc) is 2.45. The topological polar surface area (TPSA) is 58.2 Å². The van der Waals surface area contributed by atoms with Crippen LogP contribution in [-0.4, -0.2) is 24.4 Å². The number of halogens is 1. The summed E-state index contributed by atoms with van der Waals surface area (Å²) < 4.78 is 12.8. The van der Waals surface area contributed by atoms with Crippen molar-refractivity contribution in [1.82, 2.24) is 10.6 Å². The number of benzene rings is 1. The molecule has 1 atom stereocenters. The van der Waals surface area contributed by atoms with Crippen molar-refractivity contribution in [2.75, 3.05) is 6.54 Å². The van der Waals surface area contributed by atoms with Crippen LogP contribution >= 0.6 is 0 Å². The largest absolute Gasteiger partial charge is 0.354 e. The molecule has 21 heavy (non-hydrogen) atoms. The van der Waals surface area contributed by atoms with Gasteiger partial charge >= 0.3 is 0 Å². The van der Waals surface area contributed by atoms with E-state index in [-0.39, 0.29) is 17.6 Å². The van der Waals surface area contributed by atoms with Crippen molar-refractivity contribution in [3.63, 3.8) is 0 Å². The molecule has 0 bridgehead atoms. The number of amides is 2. The molecule has 0 aliphatic rings. The molecule has 0 saturated heterocycles. The van der Waals surface area contributed by atoms with Crippen molar-refractivity contribution in [3.8, 4) is 0 Å². The molecule has 0 aliphatic heterocycles. The summed E-state index contributed by atoms with van der Waals surface area (Å²) in [7, 11) is 0. The normalized spacial score (nSPS) is 12.7. The number of hydrogen-bond acceptors (Lipinski definition) is 2. The Morgan fingerprint density at radius 2 is 1.90 bits per heavy atom. The standard InChI is InChI=1S/C16H21FN2O2/c1-4-9-18-16(21)12(3)19-15(20)10-11(2)13-5-7-14(17)8-6-13/h5-8,10,12H,4,9H2,1-3H3,(H,18,21)(H,19,20)/b11-10-/t12-/m0/s1. The zero-order valence-electron chi connectivity index (χ0n) is 12.6. The molecular weight excluding hydrogens is 271 g/mol. The second-order valence-corrected chi connectivity index (χ2v) is 4.86. The van der Waals surface area contributed by atoms with Crippen molar-refractivity contribution in [1.29, 1.82) is 0 Å². The second kappa shape index (κ2) is 8.19. The number of hydrogen-bond donors (Lipinski definition) is 2. The molecule has 2 amide bonds. The molecule has 0 unspecified atom stereocenters. The molecule has 114 valence electrons. The third-order valence-corrected chi connectivity index (χ3v) is 2.95. The van der Waals surface area contributed by atoms with Crippen LogP contribution in [0.4, 0.5) is 4.39 Å². The Hall–Kier alpha value is -2.17. The minimum atomic E-state index is -0.596. The Kier molecular flexibility index (Phi) is 6.59. The van der Waals surface area contributed by atoms with Gasteiger partial charge in [0.1, 0.15) is 11.9 Å². The predicted octanol–water partition coefficient (Wildman–Crippen LogP) is 2.26. The lowest BCUT2D eigenvalue weighted by molar-refractivity contribution is -0.126. The zero-order chi connectivity index (χ0) is 15.8. The van der Waals surface area contributed by atoms with Crippen LogP contribution in [0.3, 0.4) is 0 Å². The van der Waals surface area contributed by atoms with Crippen LogP contribution in [0.25, 0.3) is 5.57 Å². The number of allylic oxidation sites excluding steroid dienone is 1. The summed E-state index contributed by atoms with van der Waals surface area (Å²) in [4.78, 5) is 23.5. The number of nitrogens with one attached hydrogen (secondary N) is 2. The SMILES string of the molecule is CCCNC(=O)[C@H](C)NC(=O)/C=C(/C)c1ccc(F)cc1. The smallest absolute Gasteiger partial charge is 0.244 e. The molecule has 2 N–H and O–H groups in total. The van der Waals surface area contributed by atoms with Crippen molar-refractivity contribution in [2.45, 2.75) is 33.2 Å². The highest BCUT2D eigenvalue weighted by Gasteiger charge is 2.13. The molecule has 4 nitrogen and oxygen atoms in total. The lowest BCUT2D eigenvalue weighted by Crippen LogP contribution is -2.44. The maximum atomic E-state index is 12.8. The van der Waals surface area contributed by atoms with Crippen LogP contribution in [-0.2, 0) is 9.59 Å². The monoisotopic (exact) mass is 292 g/mol. The molecule has 1 aromatic rings. The summed E-state index contributed by atoms with van der Waals surface area (Å²) in [6, 6.07) is 5.29. The first kappa shape index (κ1) is 16.9. The van der Waals surface area contributed by atoms with E-state index >= 15 is 0 Å². The fraction of sp³-hybridized carbons (Fsp3) is 0.375. The van der Waals surface area contributed by atoms with Gasteiger partial charge in [0.15, 0.2) is 0 Å². The number of carbonyl (C=O) groups is 2. The van der Waals surface area contributed by atoms with Gasteiger partial charge < -0.3 is 10.6 Å². The lowest BCUT2D eigenvalue weighted by Gasteiger charge is -2.12. The van der Waals surface area contributed by atoms with E-state index in [2.05, 4.69) is 10.6 Å². The van der Waals surface area contributed by atoms with Gasteiger partial charge in [-0.25, -0.2) is 4.39 Å². The van der Waals surface area contributed by atoms with E-state index < -0.39 is 6.04 Å². The molecule has 0 saturated carbocycles. The third-order valence-electron chi connectivity index (χ3n) is 2.95. The quantitative estimate of drug-likeness (QED) is 0.790. The molecule has 5 heteroatoms. The van der Waals surface area contributed by atoms with Gasteiger partial charge in [-0.15, -0.1) is 0 Å². The van der Waals surface area contributed by atoms with Gasteiger partial charge in [-0.1, -0.05) is 19.1 Å². The first-order valence-electron chi connectivity index (χ1n) is 6.96. The Balaban J connectivity index is 2.61. The fourth-order valence-corrected chi connectivity index (χ4v) is 1.71. The summed E-state index contributed by atoms with van der Waals surface area (Å²) in [6.07, 6.45) is 2.24. The van der Waals surface area contributed by atoms with Gasteiger partial charge in [-0.2, -0.15) is 0 Å². The minimum absolute atomic E-state index is 0.210. The molecule has 0 heterocycles. The van der Waals surface area contributed by atoms with E-state index in [4.69, 9.17) is 0 Å². The summed E-state index contributed by atoms with van der Waals surface area (Å²) >= 11 is 0. The summed E-state index contributed by atoms with van der Waals surface area (Å²) in [5.41, 5.74) is 1.46. The highest BCUT2D eigenvalue weighted by Crippen LogP contribution is 2.13. The van der Waals surface area contributed by atoms with Crippen LogP contribution in [0, 0.1) is 5.82 Å². The van der Waals surface area contributed by atoms with E-state index in [0.29, 0.717) is 12.1 Å². The minimum Gasteiger partial charge on any atom is -0.354 e. The number of carbonyl (C=O) groups excluding carboxylic acids is 2. The molecule has 0 radical (unpaired) electrons. The first-order chi connectivity index (χ1) is 9.93. The van der Waals surface area contributed by atoms with Gasteiger partial charge in [-0.3, -0.25) is 9.59 Å². The fourth-order valence-electron chi connectivity index (χ4n) is 1.71. The van der Waals surface area contributed by atoms with Crippen molar-refractivity contribution in [2.24, 2.45) is 0 Å². The Bertz CT molecular complexity index is 524. The molecule has 1 aromatic carbocycles. The van der Waals surface area contributed by atoms with Gasteiger partial charge in [0, 0.05) is 12.6 Å². The van der Waals surface area contributed by atoms with Crippen molar-refractivity contribution < 1.29 is 14.0 Å². The van der Waals surface area contributed by atoms with Crippen LogP contribution in [0.2, 0.25) is 0 Å². The molecule has 0 aliphatic carbocycles. The van der Waals surface area contributed by atoms with Gasteiger partial charge in [0.05, 0.1) is 0 Å². The summed E-state index contributed by atoms with van der Waals surface area (Å²) in [5.74, 6) is -0.883. The van der Waals surface area contributed by atoms with Gasteiger partial charge in [0.2, 0.25) is 11.8 Å². The van der Waals surface area contributed by atoms with Gasteiger partial charge in [-0.05, 0) is 43.5 Å².